The van der Waals surface area contributed by atoms with Gasteiger partial charge in [-0.25, -0.2) is 13.8 Å². The van der Waals surface area contributed by atoms with Crippen molar-refractivity contribution in [2.75, 3.05) is 11.4 Å². The molecule has 4 rings (SSSR count). The van der Waals surface area contributed by atoms with E-state index in [1.54, 1.807) is 17.1 Å². The lowest BCUT2D eigenvalue weighted by Crippen LogP contribution is -2.26. The molecule has 0 N–H and O–H groups in total. The van der Waals surface area contributed by atoms with Crippen molar-refractivity contribution in [2.24, 2.45) is 0 Å². The second-order valence-electron chi connectivity index (χ2n) is 6.26. The quantitative estimate of drug-likeness (QED) is 0.717. The van der Waals surface area contributed by atoms with Gasteiger partial charge in [-0.2, -0.15) is 9.78 Å². The molecule has 0 bridgehead atoms. The van der Waals surface area contributed by atoms with Gasteiger partial charge in [-0.05, 0) is 49.6 Å². The van der Waals surface area contributed by atoms with Crippen molar-refractivity contribution in [1.29, 1.82) is 0 Å². The standard InChI is InChI=1S/C19H18F2N4/c1-13-4-2-9-22-19(13)25-18(8-10-23-25)24-11-3-5-17(24)15-12-14(20)6-7-16(15)21/h2,4,6-10,12,17H,3,5,11H2,1H3/t17-/m1/s1. The normalized spacial score (nSPS) is 17.2. The van der Waals surface area contributed by atoms with Crippen LogP contribution in [-0.2, 0) is 0 Å². The van der Waals surface area contributed by atoms with E-state index in [1.807, 2.05) is 25.1 Å². The average molecular weight is 340 g/mol. The van der Waals surface area contributed by atoms with Crippen LogP contribution in [0.3, 0.4) is 0 Å². The molecular formula is C19H18F2N4. The summed E-state index contributed by atoms with van der Waals surface area (Å²) in [5.41, 5.74) is 1.39. The largest absolute Gasteiger partial charge is 0.349 e. The van der Waals surface area contributed by atoms with Crippen molar-refractivity contribution in [3.05, 3.63) is 71.6 Å². The van der Waals surface area contributed by atoms with Crippen LogP contribution in [0.2, 0.25) is 0 Å². The summed E-state index contributed by atoms with van der Waals surface area (Å²) < 4.78 is 29.7. The summed E-state index contributed by atoms with van der Waals surface area (Å²) in [6.45, 7) is 2.74. The van der Waals surface area contributed by atoms with Crippen molar-refractivity contribution in [3.8, 4) is 5.82 Å². The predicted octanol–water partition coefficient (Wildman–Crippen LogP) is 4.20. The van der Waals surface area contributed by atoms with Gasteiger partial charge in [0, 0.05) is 24.4 Å². The molecule has 0 unspecified atom stereocenters. The van der Waals surface area contributed by atoms with Crippen LogP contribution in [0, 0.1) is 18.6 Å². The Morgan fingerprint density at radius 2 is 2.00 bits per heavy atom. The molecule has 1 aliphatic rings. The highest BCUT2D eigenvalue weighted by atomic mass is 19.1. The van der Waals surface area contributed by atoms with Crippen molar-refractivity contribution in [2.45, 2.75) is 25.8 Å². The number of benzene rings is 1. The van der Waals surface area contributed by atoms with Gasteiger partial charge in [-0.3, -0.25) is 0 Å². The Bertz CT molecular complexity index is 906. The maximum Gasteiger partial charge on any atom is 0.158 e. The molecule has 3 aromatic rings. The Morgan fingerprint density at radius 3 is 2.84 bits per heavy atom. The Kier molecular flexibility index (Phi) is 3.95. The summed E-state index contributed by atoms with van der Waals surface area (Å²) in [7, 11) is 0. The number of rotatable bonds is 3. The molecule has 0 aliphatic carbocycles. The minimum atomic E-state index is -0.419. The fourth-order valence-corrected chi connectivity index (χ4v) is 3.51. The highest BCUT2D eigenvalue weighted by molar-refractivity contribution is 5.50. The fraction of sp³-hybridized carbons (Fsp3) is 0.263. The number of pyridine rings is 1. The van der Waals surface area contributed by atoms with Crippen LogP contribution < -0.4 is 4.90 Å². The summed E-state index contributed by atoms with van der Waals surface area (Å²) in [6.07, 6.45) is 5.11. The number of hydrogen-bond donors (Lipinski definition) is 0. The zero-order chi connectivity index (χ0) is 17.4. The van der Waals surface area contributed by atoms with Crippen molar-refractivity contribution in [3.63, 3.8) is 0 Å². The van der Waals surface area contributed by atoms with E-state index in [1.165, 1.54) is 12.1 Å². The molecule has 1 aliphatic heterocycles. The predicted molar refractivity (Wildman–Crippen MR) is 91.8 cm³/mol. The molecule has 4 nitrogen and oxygen atoms in total. The van der Waals surface area contributed by atoms with Gasteiger partial charge in [0.25, 0.3) is 0 Å². The molecule has 1 atom stereocenters. The van der Waals surface area contributed by atoms with Gasteiger partial charge >= 0.3 is 0 Å². The van der Waals surface area contributed by atoms with Crippen LogP contribution >= 0.6 is 0 Å². The van der Waals surface area contributed by atoms with Gasteiger partial charge < -0.3 is 4.90 Å². The van der Waals surface area contributed by atoms with Crippen LogP contribution in [0.5, 0.6) is 0 Å². The van der Waals surface area contributed by atoms with Crippen LogP contribution in [0.1, 0.15) is 30.0 Å². The second-order valence-corrected chi connectivity index (χ2v) is 6.26. The molecule has 0 radical (unpaired) electrons. The van der Waals surface area contributed by atoms with Crippen molar-refractivity contribution >= 4 is 5.82 Å². The molecule has 2 aromatic heterocycles. The maximum absolute atomic E-state index is 14.3. The first-order chi connectivity index (χ1) is 12.1. The zero-order valence-corrected chi connectivity index (χ0v) is 13.9. The lowest BCUT2D eigenvalue weighted by molar-refractivity contribution is 0.558. The molecule has 0 spiro atoms. The molecule has 1 fully saturated rings. The molecule has 25 heavy (non-hydrogen) atoms. The summed E-state index contributed by atoms with van der Waals surface area (Å²) in [5, 5.41) is 4.40. The van der Waals surface area contributed by atoms with Gasteiger partial charge in [0.1, 0.15) is 17.5 Å². The smallest absolute Gasteiger partial charge is 0.158 e. The van der Waals surface area contributed by atoms with E-state index in [2.05, 4.69) is 15.0 Å². The van der Waals surface area contributed by atoms with Crippen LogP contribution in [-0.4, -0.2) is 21.3 Å². The van der Waals surface area contributed by atoms with E-state index in [9.17, 15) is 8.78 Å². The monoisotopic (exact) mass is 340 g/mol. The third-order valence-electron chi connectivity index (χ3n) is 4.67. The molecule has 128 valence electrons. The van der Waals surface area contributed by atoms with Gasteiger partial charge in [-0.1, -0.05) is 6.07 Å². The molecule has 0 saturated carbocycles. The lowest BCUT2D eigenvalue weighted by atomic mass is 10.0. The SMILES string of the molecule is Cc1cccnc1-n1nccc1N1CCC[C@@H]1c1cc(F)ccc1F. The van der Waals surface area contributed by atoms with Crippen molar-refractivity contribution in [1.82, 2.24) is 14.8 Å². The topological polar surface area (TPSA) is 34.0 Å². The minimum Gasteiger partial charge on any atom is -0.349 e. The molecular weight excluding hydrogens is 322 g/mol. The Morgan fingerprint density at radius 1 is 1.12 bits per heavy atom. The van der Waals surface area contributed by atoms with E-state index in [-0.39, 0.29) is 11.9 Å². The first-order valence-electron chi connectivity index (χ1n) is 8.33. The first-order valence-corrected chi connectivity index (χ1v) is 8.33. The van der Waals surface area contributed by atoms with Crippen LogP contribution in [0.4, 0.5) is 14.6 Å². The van der Waals surface area contributed by atoms with Gasteiger partial charge in [0.05, 0.1) is 12.2 Å². The first kappa shape index (κ1) is 15.7. The van der Waals surface area contributed by atoms with E-state index >= 15 is 0 Å². The highest BCUT2D eigenvalue weighted by Crippen LogP contribution is 2.38. The molecule has 1 aromatic carbocycles. The minimum absolute atomic E-state index is 0.213. The highest BCUT2D eigenvalue weighted by Gasteiger charge is 2.31. The molecule has 6 heteroatoms. The van der Waals surface area contributed by atoms with E-state index in [0.29, 0.717) is 5.56 Å². The maximum atomic E-state index is 14.3. The van der Waals surface area contributed by atoms with Crippen LogP contribution in [0.25, 0.3) is 5.82 Å². The molecule has 3 heterocycles. The lowest BCUT2D eigenvalue weighted by Gasteiger charge is -2.27. The Balaban J connectivity index is 1.77. The van der Waals surface area contributed by atoms with Gasteiger partial charge in [0.2, 0.25) is 0 Å². The number of nitrogens with zero attached hydrogens (tertiary/aromatic N) is 4. The second kappa shape index (κ2) is 6.27. The van der Waals surface area contributed by atoms with E-state index in [4.69, 9.17) is 0 Å². The summed E-state index contributed by atoms with van der Waals surface area (Å²) in [5.74, 6) is 0.788. The van der Waals surface area contributed by atoms with Gasteiger partial charge in [0.15, 0.2) is 5.82 Å². The van der Waals surface area contributed by atoms with Crippen LogP contribution in [0.15, 0.2) is 48.8 Å². The Hall–Kier alpha value is -2.76. The summed E-state index contributed by atoms with van der Waals surface area (Å²) >= 11 is 0. The van der Waals surface area contributed by atoms with Gasteiger partial charge in [-0.15, -0.1) is 0 Å². The zero-order valence-electron chi connectivity index (χ0n) is 13.9. The summed E-state index contributed by atoms with van der Waals surface area (Å²) in [4.78, 5) is 6.50. The number of anilines is 1. The third-order valence-corrected chi connectivity index (χ3v) is 4.67. The number of aryl methyl sites for hydroxylation is 1. The number of aromatic nitrogens is 3. The number of hydrogen-bond acceptors (Lipinski definition) is 3. The van der Waals surface area contributed by atoms with E-state index in [0.717, 1.165) is 42.7 Å². The number of halogens is 2. The summed E-state index contributed by atoms with van der Waals surface area (Å²) in [6, 6.07) is 9.18. The Labute approximate surface area is 144 Å². The third kappa shape index (κ3) is 2.77. The average Bonchev–Trinajstić information content (AvgIpc) is 3.26. The molecule has 1 saturated heterocycles. The molecule has 0 amide bonds. The van der Waals surface area contributed by atoms with Crippen molar-refractivity contribution < 1.29 is 8.78 Å². The fourth-order valence-electron chi connectivity index (χ4n) is 3.51. The van der Waals surface area contributed by atoms with E-state index < -0.39 is 5.82 Å².